The van der Waals surface area contributed by atoms with Gasteiger partial charge in [-0.3, -0.25) is 4.79 Å². The number of ether oxygens (including phenoxy) is 1. The molecule has 0 spiro atoms. The van der Waals surface area contributed by atoms with Crippen molar-refractivity contribution in [2.75, 3.05) is 13.7 Å². The van der Waals surface area contributed by atoms with E-state index in [2.05, 4.69) is 16.0 Å². The number of hydrogen-bond donors (Lipinski definition) is 1. The topological polar surface area (TPSA) is 69.3 Å². The smallest absolute Gasteiger partial charge is 0.251 e. The third-order valence-electron chi connectivity index (χ3n) is 4.70. The number of nitrogens with zero attached hydrogens (tertiary/aromatic N) is 2. The summed E-state index contributed by atoms with van der Waals surface area (Å²) < 4.78 is 12.7. The summed E-state index contributed by atoms with van der Waals surface area (Å²) in [5.74, 6) is 1.32. The zero-order chi connectivity index (χ0) is 20.8. The number of rotatable bonds is 9. The molecule has 4 rings (SSSR count). The summed E-state index contributed by atoms with van der Waals surface area (Å²) in [6.45, 7) is 1.74. The van der Waals surface area contributed by atoms with Crippen molar-refractivity contribution in [3.05, 3.63) is 83.8 Å². The Morgan fingerprint density at radius 2 is 2.07 bits per heavy atom. The first-order chi connectivity index (χ1) is 14.7. The Bertz CT molecular complexity index is 1120. The number of carbonyl (C=O) groups is 1. The van der Waals surface area contributed by atoms with Crippen LogP contribution in [0.2, 0.25) is 0 Å². The first kappa shape index (κ1) is 20.3. The monoisotopic (exact) mass is 421 g/mol. The van der Waals surface area contributed by atoms with E-state index in [1.807, 2.05) is 48.5 Å². The van der Waals surface area contributed by atoms with Crippen LogP contribution in [0.3, 0.4) is 0 Å². The van der Waals surface area contributed by atoms with Crippen LogP contribution in [0.25, 0.3) is 11.0 Å². The zero-order valence-electron chi connectivity index (χ0n) is 16.7. The van der Waals surface area contributed by atoms with Crippen LogP contribution in [0.4, 0.5) is 0 Å². The van der Waals surface area contributed by atoms with Crippen molar-refractivity contribution < 1.29 is 13.9 Å². The van der Waals surface area contributed by atoms with E-state index >= 15 is 0 Å². The van der Waals surface area contributed by atoms with Crippen molar-refractivity contribution in [2.24, 2.45) is 0 Å². The second kappa shape index (κ2) is 9.65. The fourth-order valence-corrected chi connectivity index (χ4v) is 4.18. The van der Waals surface area contributed by atoms with Crippen LogP contribution in [0.5, 0.6) is 0 Å². The van der Waals surface area contributed by atoms with Gasteiger partial charge in [-0.1, -0.05) is 36.0 Å². The highest BCUT2D eigenvalue weighted by Gasteiger charge is 2.12. The summed E-state index contributed by atoms with van der Waals surface area (Å²) in [4.78, 5) is 17.2. The molecule has 1 amide bonds. The Labute approximate surface area is 179 Å². The van der Waals surface area contributed by atoms with Crippen LogP contribution < -0.4 is 5.32 Å². The molecular formula is C23H23N3O3S. The second-order valence-electron chi connectivity index (χ2n) is 6.78. The normalized spacial score (nSPS) is 11.1. The number of fused-ring (bicyclic) bond motifs is 1. The minimum atomic E-state index is -0.120. The number of amides is 1. The average Bonchev–Trinajstić information content (AvgIpc) is 3.42. The lowest BCUT2D eigenvalue weighted by Gasteiger charge is -2.09. The van der Waals surface area contributed by atoms with Crippen LogP contribution in [0.1, 0.15) is 21.7 Å². The van der Waals surface area contributed by atoms with E-state index in [4.69, 9.17) is 14.1 Å². The number of carbonyl (C=O) groups excluding carboxylic acids is 1. The maximum atomic E-state index is 12.5. The number of nitrogens with one attached hydrogen (secondary N) is 1. The number of thioether (sulfide) groups is 1. The highest BCUT2D eigenvalue weighted by atomic mass is 32.2. The molecule has 0 aliphatic rings. The molecule has 1 N–H and O–H groups in total. The quantitative estimate of drug-likeness (QED) is 0.403. The molecule has 0 atom stereocenters. The summed E-state index contributed by atoms with van der Waals surface area (Å²) in [5, 5.41) is 3.83. The number of furan rings is 1. The Kier molecular flexibility index (Phi) is 6.51. The predicted molar refractivity (Wildman–Crippen MR) is 117 cm³/mol. The number of aromatic nitrogens is 2. The first-order valence-electron chi connectivity index (χ1n) is 9.71. The van der Waals surface area contributed by atoms with Gasteiger partial charge in [0.15, 0.2) is 5.16 Å². The standard InChI is InChI=1S/C23H23N3O3S/c1-28-13-11-26-21-10-3-2-9-20(21)25-23(26)30-16-17-6-4-7-18(14-17)22(27)24-15-19-8-5-12-29-19/h2-10,12,14H,11,13,15-16H2,1H3,(H,24,27). The number of methoxy groups -OCH3 is 1. The lowest BCUT2D eigenvalue weighted by atomic mass is 10.1. The molecule has 30 heavy (non-hydrogen) atoms. The molecule has 2 aromatic heterocycles. The fraction of sp³-hybridized carbons (Fsp3) is 0.217. The van der Waals surface area contributed by atoms with E-state index < -0.39 is 0 Å². The third kappa shape index (κ3) is 4.75. The van der Waals surface area contributed by atoms with Gasteiger partial charge in [-0.25, -0.2) is 4.98 Å². The molecule has 4 aromatic rings. The molecule has 0 saturated heterocycles. The van der Waals surface area contributed by atoms with Gasteiger partial charge >= 0.3 is 0 Å². The number of benzene rings is 2. The molecule has 0 bridgehead atoms. The van der Waals surface area contributed by atoms with Gasteiger partial charge in [0.05, 0.1) is 30.4 Å². The predicted octanol–water partition coefficient (Wildman–Crippen LogP) is 4.50. The van der Waals surface area contributed by atoms with Crippen molar-refractivity contribution in [2.45, 2.75) is 24.0 Å². The zero-order valence-corrected chi connectivity index (χ0v) is 17.5. The molecule has 0 saturated carbocycles. The molecule has 2 aromatic carbocycles. The minimum absolute atomic E-state index is 0.120. The van der Waals surface area contributed by atoms with E-state index in [-0.39, 0.29) is 5.91 Å². The van der Waals surface area contributed by atoms with Crippen molar-refractivity contribution in [1.82, 2.24) is 14.9 Å². The first-order valence-corrected chi connectivity index (χ1v) is 10.7. The van der Waals surface area contributed by atoms with Crippen molar-refractivity contribution in [3.8, 4) is 0 Å². The van der Waals surface area contributed by atoms with Crippen molar-refractivity contribution in [1.29, 1.82) is 0 Å². The molecule has 0 fully saturated rings. The van der Waals surface area contributed by atoms with Gasteiger partial charge in [0.25, 0.3) is 5.91 Å². The Morgan fingerprint density at radius 3 is 2.90 bits per heavy atom. The van der Waals surface area contributed by atoms with Crippen LogP contribution in [0.15, 0.2) is 76.5 Å². The SMILES string of the molecule is COCCn1c(SCc2cccc(C(=O)NCc3ccco3)c2)nc2ccccc21. The number of hydrogen-bond acceptors (Lipinski definition) is 5. The molecule has 0 aliphatic carbocycles. The molecule has 2 heterocycles. The summed E-state index contributed by atoms with van der Waals surface area (Å²) in [7, 11) is 1.70. The Balaban J connectivity index is 1.45. The highest BCUT2D eigenvalue weighted by molar-refractivity contribution is 7.98. The van der Waals surface area contributed by atoms with E-state index in [1.165, 1.54) is 0 Å². The van der Waals surface area contributed by atoms with E-state index in [0.29, 0.717) is 18.7 Å². The van der Waals surface area contributed by atoms with Gasteiger partial charge in [-0.15, -0.1) is 0 Å². The molecule has 154 valence electrons. The molecule has 0 unspecified atom stereocenters. The second-order valence-corrected chi connectivity index (χ2v) is 7.72. The van der Waals surface area contributed by atoms with Gasteiger partial charge < -0.3 is 19.0 Å². The van der Waals surface area contributed by atoms with Crippen LogP contribution in [0, 0.1) is 0 Å². The maximum absolute atomic E-state index is 12.5. The van der Waals surface area contributed by atoms with E-state index in [0.717, 1.165) is 39.8 Å². The van der Waals surface area contributed by atoms with Crippen LogP contribution in [-0.4, -0.2) is 29.2 Å². The summed E-state index contributed by atoms with van der Waals surface area (Å²) >= 11 is 1.66. The molecule has 6 nitrogen and oxygen atoms in total. The minimum Gasteiger partial charge on any atom is -0.467 e. The largest absolute Gasteiger partial charge is 0.467 e. The van der Waals surface area contributed by atoms with E-state index in [9.17, 15) is 4.79 Å². The van der Waals surface area contributed by atoms with Gasteiger partial charge in [-0.2, -0.15) is 0 Å². The van der Waals surface area contributed by atoms with Crippen molar-refractivity contribution >= 4 is 28.7 Å². The van der Waals surface area contributed by atoms with Gasteiger partial charge in [-0.05, 0) is 42.0 Å². The molecule has 0 aliphatic heterocycles. The third-order valence-corrected chi connectivity index (χ3v) is 5.75. The Morgan fingerprint density at radius 1 is 1.17 bits per heavy atom. The average molecular weight is 422 g/mol. The van der Waals surface area contributed by atoms with Gasteiger partial charge in [0, 0.05) is 25.0 Å². The van der Waals surface area contributed by atoms with Crippen LogP contribution >= 0.6 is 11.8 Å². The highest BCUT2D eigenvalue weighted by Crippen LogP contribution is 2.27. The van der Waals surface area contributed by atoms with Crippen molar-refractivity contribution in [3.63, 3.8) is 0 Å². The van der Waals surface area contributed by atoms with Gasteiger partial charge in [0.1, 0.15) is 5.76 Å². The lowest BCUT2D eigenvalue weighted by molar-refractivity contribution is 0.0948. The number of para-hydroxylation sites is 2. The van der Waals surface area contributed by atoms with Gasteiger partial charge in [0.2, 0.25) is 0 Å². The molecule has 0 radical (unpaired) electrons. The Hall–Kier alpha value is -3.03. The van der Waals surface area contributed by atoms with Crippen LogP contribution in [-0.2, 0) is 23.6 Å². The summed E-state index contributed by atoms with van der Waals surface area (Å²) in [6, 6.07) is 19.4. The fourth-order valence-electron chi connectivity index (χ4n) is 3.20. The summed E-state index contributed by atoms with van der Waals surface area (Å²) in [6.07, 6.45) is 1.60. The number of imidazole rings is 1. The summed E-state index contributed by atoms with van der Waals surface area (Å²) in [5.41, 5.74) is 3.77. The molecule has 7 heteroatoms. The maximum Gasteiger partial charge on any atom is 0.251 e. The van der Waals surface area contributed by atoms with E-state index in [1.54, 1.807) is 31.2 Å². The lowest BCUT2D eigenvalue weighted by Crippen LogP contribution is -2.22. The molecular weight excluding hydrogens is 398 g/mol.